The number of amides is 1. The maximum absolute atomic E-state index is 16.0. The van der Waals surface area contributed by atoms with Gasteiger partial charge in [-0.15, -0.1) is 0 Å². The number of carbonyl (C=O) groups is 1. The van der Waals surface area contributed by atoms with E-state index in [1.807, 2.05) is 0 Å². The molecule has 3 aromatic rings. The molecular weight excluding hydrogens is 480 g/mol. The van der Waals surface area contributed by atoms with E-state index in [-0.39, 0.29) is 28.6 Å². The lowest BCUT2D eigenvalue weighted by Gasteiger charge is -2.24. The van der Waals surface area contributed by atoms with Gasteiger partial charge >= 0.3 is 0 Å². The van der Waals surface area contributed by atoms with E-state index in [1.165, 1.54) is 43.3 Å². The van der Waals surface area contributed by atoms with Gasteiger partial charge < -0.3 is 14.9 Å². The summed E-state index contributed by atoms with van der Waals surface area (Å²) < 4.78 is 60.8. The molecule has 0 spiro atoms. The van der Waals surface area contributed by atoms with Crippen LogP contribution in [0.25, 0.3) is 11.4 Å². The number of aromatic nitrogens is 4. The molecule has 2 atom stereocenters. The predicted molar refractivity (Wildman–Crippen MR) is 120 cm³/mol. The summed E-state index contributed by atoms with van der Waals surface area (Å²) in [6.07, 6.45) is 3.70. The summed E-state index contributed by atoms with van der Waals surface area (Å²) in [6, 6.07) is 5.51. The van der Waals surface area contributed by atoms with Gasteiger partial charge in [-0.05, 0) is 26.0 Å². The molecule has 0 aliphatic carbocycles. The second-order valence-electron chi connectivity index (χ2n) is 9.61. The van der Waals surface area contributed by atoms with E-state index in [9.17, 15) is 18.7 Å². The number of hydrogen-bond acceptors (Lipinski definition) is 7. The lowest BCUT2D eigenvalue weighted by atomic mass is 9.94. The van der Waals surface area contributed by atoms with Gasteiger partial charge in [-0.25, -0.2) is 37.5 Å². The van der Waals surface area contributed by atoms with Crippen molar-refractivity contribution in [1.82, 2.24) is 24.8 Å². The van der Waals surface area contributed by atoms with Crippen molar-refractivity contribution >= 4 is 11.9 Å². The standard InChI is InChI=1S/C24H22F4N6O2/c1-22(2,36)18-16(26)9-31-21(32-18)34-12-23(27)10-33(11-24(23,28)13-34)20(35)17-14(5-3-6-15(17)25)19-29-7-4-8-30-19/h3-9,36H,10-13H2,1-2H3/t23-,24+. The van der Waals surface area contributed by atoms with E-state index in [1.54, 1.807) is 6.07 Å². The van der Waals surface area contributed by atoms with E-state index in [0.29, 0.717) is 0 Å². The lowest BCUT2D eigenvalue weighted by molar-refractivity contribution is 0.0491. The van der Waals surface area contributed by atoms with E-state index in [4.69, 9.17) is 0 Å². The highest BCUT2D eigenvalue weighted by Crippen LogP contribution is 2.46. The number of aliphatic hydroxyl groups is 1. The fraction of sp³-hybridized carbons (Fsp3) is 0.375. The Morgan fingerprint density at radius 2 is 1.61 bits per heavy atom. The number of carbonyl (C=O) groups excluding carboxylic acids is 1. The zero-order valence-electron chi connectivity index (χ0n) is 19.4. The van der Waals surface area contributed by atoms with Crippen LogP contribution >= 0.6 is 0 Å². The van der Waals surface area contributed by atoms with Crippen LogP contribution in [-0.2, 0) is 5.60 Å². The van der Waals surface area contributed by atoms with Gasteiger partial charge in [0.25, 0.3) is 5.91 Å². The summed E-state index contributed by atoms with van der Waals surface area (Å²) >= 11 is 0. The maximum atomic E-state index is 16.0. The number of hydrogen-bond donors (Lipinski definition) is 1. The van der Waals surface area contributed by atoms with Crippen LogP contribution in [0.2, 0.25) is 0 Å². The normalized spacial score (nSPS) is 23.8. The minimum Gasteiger partial charge on any atom is -0.384 e. The van der Waals surface area contributed by atoms with Crippen molar-refractivity contribution in [3.63, 3.8) is 0 Å². The summed E-state index contributed by atoms with van der Waals surface area (Å²) in [5.74, 6) is -2.63. The van der Waals surface area contributed by atoms with E-state index in [0.717, 1.165) is 17.2 Å². The third-order valence-corrected chi connectivity index (χ3v) is 6.48. The molecule has 2 aromatic heterocycles. The first-order valence-electron chi connectivity index (χ1n) is 11.2. The number of nitrogens with zero attached hydrogens (tertiary/aromatic N) is 6. The Bertz CT molecular complexity index is 1320. The summed E-state index contributed by atoms with van der Waals surface area (Å²) in [5, 5.41) is 10.2. The Kier molecular flexibility index (Phi) is 5.47. The number of likely N-dealkylation sites (tertiary alicyclic amines) is 1. The molecule has 188 valence electrons. The van der Waals surface area contributed by atoms with Gasteiger partial charge in [-0.2, -0.15) is 0 Å². The molecule has 2 aliphatic heterocycles. The Morgan fingerprint density at radius 1 is 0.972 bits per heavy atom. The number of halogens is 4. The van der Waals surface area contributed by atoms with Gasteiger partial charge in [0, 0.05) is 18.0 Å². The highest BCUT2D eigenvalue weighted by molar-refractivity contribution is 6.00. The Hall–Kier alpha value is -3.67. The van der Waals surface area contributed by atoms with Gasteiger partial charge in [0.05, 0.1) is 37.9 Å². The van der Waals surface area contributed by atoms with Crippen molar-refractivity contribution in [3.05, 3.63) is 65.7 Å². The highest BCUT2D eigenvalue weighted by Gasteiger charge is 2.67. The first-order chi connectivity index (χ1) is 16.9. The summed E-state index contributed by atoms with van der Waals surface area (Å²) in [4.78, 5) is 31.4. The average Bonchev–Trinajstić information content (AvgIpc) is 3.22. The van der Waals surface area contributed by atoms with Crippen molar-refractivity contribution in [3.8, 4) is 11.4 Å². The van der Waals surface area contributed by atoms with Crippen molar-refractivity contribution in [1.29, 1.82) is 0 Å². The molecule has 2 aliphatic rings. The SMILES string of the molecule is CC(C)(O)c1nc(N2C[C@]3(F)CN(C(=O)c4c(F)cccc4-c4ncccn4)C[C@]3(F)C2)ncc1F. The van der Waals surface area contributed by atoms with Crippen LogP contribution in [0.4, 0.5) is 23.5 Å². The molecule has 1 aromatic carbocycles. The number of alkyl halides is 2. The van der Waals surface area contributed by atoms with Crippen LogP contribution in [0, 0.1) is 11.6 Å². The lowest BCUT2D eigenvalue weighted by Crippen LogP contribution is -2.44. The summed E-state index contributed by atoms with van der Waals surface area (Å²) in [5.41, 5.74) is -7.23. The molecule has 12 heteroatoms. The molecule has 1 N–H and O–H groups in total. The number of anilines is 1. The zero-order chi connectivity index (χ0) is 25.9. The van der Waals surface area contributed by atoms with E-state index in [2.05, 4.69) is 19.9 Å². The summed E-state index contributed by atoms with van der Waals surface area (Å²) in [6.45, 7) is 0.347. The molecule has 8 nitrogen and oxygen atoms in total. The molecule has 1 amide bonds. The van der Waals surface area contributed by atoms with Gasteiger partial charge in [-0.1, -0.05) is 12.1 Å². The minimum absolute atomic E-state index is 0.104. The molecule has 0 radical (unpaired) electrons. The molecule has 4 heterocycles. The zero-order valence-corrected chi connectivity index (χ0v) is 19.4. The quantitative estimate of drug-likeness (QED) is 0.549. The largest absolute Gasteiger partial charge is 0.384 e. The van der Waals surface area contributed by atoms with Crippen molar-refractivity contribution in [2.45, 2.75) is 30.8 Å². The Labute approximate surface area is 203 Å². The van der Waals surface area contributed by atoms with Crippen LogP contribution in [0.15, 0.2) is 42.9 Å². The molecule has 5 rings (SSSR count). The Morgan fingerprint density at radius 3 is 2.22 bits per heavy atom. The molecule has 2 saturated heterocycles. The molecular formula is C24H22F4N6O2. The van der Waals surface area contributed by atoms with Crippen LogP contribution in [0.5, 0.6) is 0 Å². The summed E-state index contributed by atoms with van der Waals surface area (Å²) in [7, 11) is 0. The van der Waals surface area contributed by atoms with Gasteiger partial charge in [0.2, 0.25) is 5.95 Å². The fourth-order valence-corrected chi connectivity index (χ4v) is 4.74. The number of rotatable bonds is 4. The van der Waals surface area contributed by atoms with Crippen LogP contribution in [-0.4, -0.2) is 73.4 Å². The van der Waals surface area contributed by atoms with E-state index >= 15 is 8.78 Å². The van der Waals surface area contributed by atoms with Crippen LogP contribution in [0.3, 0.4) is 0 Å². The fourth-order valence-electron chi connectivity index (χ4n) is 4.74. The van der Waals surface area contributed by atoms with Crippen LogP contribution in [0.1, 0.15) is 29.9 Å². The molecule has 2 fully saturated rings. The topological polar surface area (TPSA) is 95.3 Å². The smallest absolute Gasteiger partial charge is 0.257 e. The second kappa shape index (κ2) is 8.19. The third-order valence-electron chi connectivity index (χ3n) is 6.48. The predicted octanol–water partition coefficient (Wildman–Crippen LogP) is 2.83. The van der Waals surface area contributed by atoms with Gasteiger partial charge in [0.15, 0.2) is 23.0 Å². The van der Waals surface area contributed by atoms with Gasteiger partial charge in [-0.3, -0.25) is 4.79 Å². The minimum atomic E-state index is -2.51. The van der Waals surface area contributed by atoms with E-state index < -0.39 is 60.7 Å². The second-order valence-corrected chi connectivity index (χ2v) is 9.61. The van der Waals surface area contributed by atoms with Crippen molar-refractivity contribution in [2.75, 3.05) is 31.1 Å². The van der Waals surface area contributed by atoms with Crippen molar-refractivity contribution < 1.29 is 27.5 Å². The Balaban J connectivity index is 1.42. The number of benzene rings is 1. The highest BCUT2D eigenvalue weighted by atomic mass is 19.2. The molecule has 36 heavy (non-hydrogen) atoms. The first-order valence-corrected chi connectivity index (χ1v) is 11.2. The third kappa shape index (κ3) is 3.85. The van der Waals surface area contributed by atoms with Crippen LogP contribution < -0.4 is 4.90 Å². The first kappa shape index (κ1) is 24.0. The maximum Gasteiger partial charge on any atom is 0.257 e. The van der Waals surface area contributed by atoms with Gasteiger partial charge in [0.1, 0.15) is 17.1 Å². The monoisotopic (exact) mass is 502 g/mol. The molecule has 0 unspecified atom stereocenters. The number of fused-ring (bicyclic) bond motifs is 1. The van der Waals surface area contributed by atoms with Crippen molar-refractivity contribution in [2.24, 2.45) is 0 Å². The molecule has 0 bridgehead atoms. The molecule has 0 saturated carbocycles. The average molecular weight is 502 g/mol.